The lowest BCUT2D eigenvalue weighted by Gasteiger charge is -2.06. The highest BCUT2D eigenvalue weighted by Crippen LogP contribution is 2.27. The van der Waals surface area contributed by atoms with Gasteiger partial charge in [0.25, 0.3) is 5.56 Å². The number of aryl methyl sites for hydroxylation is 2. The summed E-state index contributed by atoms with van der Waals surface area (Å²) in [7, 11) is 2.95. The summed E-state index contributed by atoms with van der Waals surface area (Å²) in [5.41, 5.74) is -1.18. The Kier molecular flexibility index (Phi) is 3.12. The van der Waals surface area contributed by atoms with Crippen LogP contribution in [0.3, 0.4) is 0 Å². The largest absolute Gasteiger partial charge is 0.470 e. The van der Waals surface area contributed by atoms with Crippen molar-refractivity contribution >= 4 is 11.2 Å². The van der Waals surface area contributed by atoms with Gasteiger partial charge < -0.3 is 8.98 Å². The molecule has 0 unspecified atom stereocenters. The van der Waals surface area contributed by atoms with E-state index in [9.17, 15) is 22.8 Å². The SMILES string of the molecule is Cn1cnc2c1c(=O)n(Cc1nnc(C(F)(F)F)o1)c(=O)n2C. The van der Waals surface area contributed by atoms with Gasteiger partial charge in [0.15, 0.2) is 11.2 Å². The van der Waals surface area contributed by atoms with Gasteiger partial charge in [-0.25, -0.2) is 14.3 Å². The zero-order valence-corrected chi connectivity index (χ0v) is 11.8. The molecule has 0 amide bonds. The molecule has 0 aromatic carbocycles. The van der Waals surface area contributed by atoms with E-state index < -0.39 is 35.8 Å². The van der Waals surface area contributed by atoms with Crippen molar-refractivity contribution in [3.8, 4) is 0 Å². The van der Waals surface area contributed by atoms with Crippen molar-refractivity contribution in [1.29, 1.82) is 0 Å². The summed E-state index contributed by atoms with van der Waals surface area (Å²) in [6.07, 6.45) is -3.45. The first-order valence-corrected chi connectivity index (χ1v) is 6.20. The molecular formula is C11H9F3N6O3. The summed E-state index contributed by atoms with van der Waals surface area (Å²) in [5, 5.41) is 6.06. The van der Waals surface area contributed by atoms with Crippen LogP contribution in [0.5, 0.6) is 0 Å². The molecule has 12 heteroatoms. The second-order valence-corrected chi connectivity index (χ2v) is 4.76. The average Bonchev–Trinajstić information content (AvgIpc) is 3.07. The fourth-order valence-corrected chi connectivity index (χ4v) is 2.10. The van der Waals surface area contributed by atoms with Crippen LogP contribution in [0, 0.1) is 0 Å². The summed E-state index contributed by atoms with van der Waals surface area (Å²) in [5.74, 6) is -2.04. The van der Waals surface area contributed by atoms with Crippen LogP contribution in [0.15, 0.2) is 20.3 Å². The zero-order chi connectivity index (χ0) is 16.9. The second kappa shape index (κ2) is 4.79. The minimum Gasteiger partial charge on any atom is -0.415 e. The predicted molar refractivity (Wildman–Crippen MR) is 68.6 cm³/mol. The Hall–Kier alpha value is -2.92. The van der Waals surface area contributed by atoms with E-state index in [4.69, 9.17) is 0 Å². The van der Waals surface area contributed by atoms with Crippen molar-refractivity contribution in [3.63, 3.8) is 0 Å². The first-order chi connectivity index (χ1) is 10.7. The fraction of sp³-hybridized carbons (Fsp3) is 0.364. The standard InChI is InChI=1S/C11H9F3N6O3/c1-18-4-15-7-6(18)8(21)20(10(22)19(7)2)3-5-16-17-9(23-5)11(12,13)14/h4H,3H2,1-2H3. The Morgan fingerprint density at radius 1 is 1.22 bits per heavy atom. The van der Waals surface area contributed by atoms with Gasteiger partial charge in [-0.2, -0.15) is 13.2 Å². The maximum Gasteiger partial charge on any atom is 0.470 e. The maximum absolute atomic E-state index is 12.4. The summed E-state index contributed by atoms with van der Waals surface area (Å²) in [4.78, 5) is 28.5. The number of fused-ring (bicyclic) bond motifs is 1. The number of aromatic nitrogens is 6. The number of alkyl halides is 3. The topological polar surface area (TPSA) is 101 Å². The van der Waals surface area contributed by atoms with Crippen LogP contribution in [-0.2, 0) is 26.8 Å². The number of halogens is 3. The zero-order valence-electron chi connectivity index (χ0n) is 11.8. The molecule has 0 atom stereocenters. The van der Waals surface area contributed by atoms with Crippen molar-refractivity contribution in [2.24, 2.45) is 14.1 Å². The number of hydrogen-bond donors (Lipinski definition) is 0. The first-order valence-electron chi connectivity index (χ1n) is 6.20. The van der Waals surface area contributed by atoms with E-state index in [-0.39, 0.29) is 11.2 Å². The molecule has 0 spiro atoms. The molecule has 0 saturated heterocycles. The Bertz CT molecular complexity index is 1010. The molecule has 3 heterocycles. The van der Waals surface area contributed by atoms with Crippen LogP contribution >= 0.6 is 0 Å². The van der Waals surface area contributed by atoms with Gasteiger partial charge in [0.1, 0.15) is 6.54 Å². The summed E-state index contributed by atoms with van der Waals surface area (Å²) in [6.45, 7) is -0.574. The molecule has 0 N–H and O–H groups in total. The van der Waals surface area contributed by atoms with Crippen molar-refractivity contribution in [2.45, 2.75) is 12.7 Å². The van der Waals surface area contributed by atoms with Crippen LogP contribution in [0.4, 0.5) is 13.2 Å². The summed E-state index contributed by atoms with van der Waals surface area (Å²) < 4.78 is 45.0. The van der Waals surface area contributed by atoms with Gasteiger partial charge in [-0.15, -0.1) is 10.2 Å². The van der Waals surface area contributed by atoms with Gasteiger partial charge in [-0.1, -0.05) is 0 Å². The Balaban J connectivity index is 2.14. The van der Waals surface area contributed by atoms with Crippen molar-refractivity contribution in [3.05, 3.63) is 38.9 Å². The minimum atomic E-state index is -4.80. The van der Waals surface area contributed by atoms with Gasteiger partial charge in [0, 0.05) is 14.1 Å². The molecular weight excluding hydrogens is 321 g/mol. The smallest absolute Gasteiger partial charge is 0.415 e. The van der Waals surface area contributed by atoms with Crippen LogP contribution in [0.2, 0.25) is 0 Å². The molecule has 0 bridgehead atoms. The molecule has 3 rings (SSSR count). The van der Waals surface area contributed by atoms with E-state index in [1.54, 1.807) is 7.05 Å². The lowest BCUT2D eigenvalue weighted by atomic mass is 10.5. The number of nitrogens with zero attached hydrogens (tertiary/aromatic N) is 6. The molecule has 0 aliphatic carbocycles. The lowest BCUT2D eigenvalue weighted by molar-refractivity contribution is -0.157. The van der Waals surface area contributed by atoms with Crippen LogP contribution in [0.25, 0.3) is 11.2 Å². The van der Waals surface area contributed by atoms with Gasteiger partial charge in [0.2, 0.25) is 5.89 Å². The van der Waals surface area contributed by atoms with Crippen LogP contribution < -0.4 is 11.2 Å². The average molecular weight is 330 g/mol. The molecule has 0 saturated carbocycles. The lowest BCUT2D eigenvalue weighted by Crippen LogP contribution is -2.39. The first kappa shape index (κ1) is 15.0. The Morgan fingerprint density at radius 2 is 1.91 bits per heavy atom. The van der Waals surface area contributed by atoms with Gasteiger partial charge in [-0.05, 0) is 0 Å². The van der Waals surface area contributed by atoms with E-state index in [1.807, 2.05) is 0 Å². The highest BCUT2D eigenvalue weighted by Gasteiger charge is 2.38. The highest BCUT2D eigenvalue weighted by atomic mass is 19.4. The number of imidazole rings is 1. The maximum atomic E-state index is 12.4. The Morgan fingerprint density at radius 3 is 2.52 bits per heavy atom. The molecule has 3 aromatic heterocycles. The van der Waals surface area contributed by atoms with E-state index in [1.165, 1.54) is 17.9 Å². The molecule has 0 fully saturated rings. The van der Waals surface area contributed by atoms with Crippen molar-refractivity contribution < 1.29 is 17.6 Å². The summed E-state index contributed by atoms with van der Waals surface area (Å²) in [6, 6.07) is 0. The Labute approximate surface area is 124 Å². The van der Waals surface area contributed by atoms with Crippen LogP contribution in [0.1, 0.15) is 11.8 Å². The molecule has 9 nitrogen and oxygen atoms in total. The third-order valence-electron chi connectivity index (χ3n) is 3.20. The van der Waals surface area contributed by atoms with Crippen LogP contribution in [-0.4, -0.2) is 28.9 Å². The van der Waals surface area contributed by atoms with E-state index >= 15 is 0 Å². The minimum absolute atomic E-state index is 0.127. The van der Waals surface area contributed by atoms with E-state index in [2.05, 4.69) is 19.6 Å². The number of hydrogen-bond acceptors (Lipinski definition) is 6. The summed E-state index contributed by atoms with van der Waals surface area (Å²) >= 11 is 0. The predicted octanol–water partition coefficient (Wildman–Crippen LogP) is -0.116. The molecule has 3 aromatic rings. The molecule has 122 valence electrons. The highest BCUT2D eigenvalue weighted by molar-refractivity contribution is 5.69. The third kappa shape index (κ3) is 2.31. The molecule has 23 heavy (non-hydrogen) atoms. The van der Waals surface area contributed by atoms with Gasteiger partial charge >= 0.3 is 17.8 Å². The monoisotopic (exact) mass is 330 g/mol. The van der Waals surface area contributed by atoms with Crippen molar-refractivity contribution in [1.82, 2.24) is 28.9 Å². The quantitative estimate of drug-likeness (QED) is 0.649. The van der Waals surface area contributed by atoms with E-state index in [0.717, 1.165) is 4.57 Å². The van der Waals surface area contributed by atoms with Gasteiger partial charge in [0.05, 0.1) is 6.33 Å². The molecule has 0 aliphatic rings. The fourth-order valence-electron chi connectivity index (χ4n) is 2.10. The van der Waals surface area contributed by atoms with Crippen molar-refractivity contribution in [2.75, 3.05) is 0 Å². The normalized spacial score (nSPS) is 12.2. The number of rotatable bonds is 2. The van der Waals surface area contributed by atoms with E-state index in [0.29, 0.717) is 4.57 Å². The molecule has 0 radical (unpaired) electrons. The second-order valence-electron chi connectivity index (χ2n) is 4.76. The third-order valence-corrected chi connectivity index (χ3v) is 3.20. The van der Waals surface area contributed by atoms with Gasteiger partial charge in [-0.3, -0.25) is 9.36 Å². The molecule has 0 aliphatic heterocycles.